The Morgan fingerprint density at radius 2 is 2.17 bits per heavy atom. The lowest BCUT2D eigenvalue weighted by atomic mass is 10.2. The van der Waals surface area contributed by atoms with Gasteiger partial charge in [0.1, 0.15) is 11.6 Å². The van der Waals surface area contributed by atoms with Gasteiger partial charge in [0.2, 0.25) is 0 Å². The van der Waals surface area contributed by atoms with E-state index in [-0.39, 0.29) is 5.82 Å². The van der Waals surface area contributed by atoms with Crippen LogP contribution < -0.4 is 15.4 Å². The second-order valence-electron chi connectivity index (χ2n) is 4.93. The van der Waals surface area contributed by atoms with Crippen LogP contribution in [0.4, 0.5) is 15.8 Å². The Morgan fingerprint density at radius 1 is 1.44 bits per heavy atom. The molecule has 100 valence electrons. The van der Waals surface area contributed by atoms with Crippen LogP contribution in [-0.2, 0) is 0 Å². The minimum Gasteiger partial charge on any atom is -0.495 e. The Bertz CT molecular complexity index is 419. The van der Waals surface area contributed by atoms with Gasteiger partial charge in [-0.3, -0.25) is 0 Å². The Hall–Kier alpha value is -1.45. The van der Waals surface area contributed by atoms with Crippen molar-refractivity contribution in [3.63, 3.8) is 0 Å². The van der Waals surface area contributed by atoms with Gasteiger partial charge in [0.15, 0.2) is 0 Å². The summed E-state index contributed by atoms with van der Waals surface area (Å²) in [5.41, 5.74) is 6.66. The molecule has 0 atom stereocenters. The summed E-state index contributed by atoms with van der Waals surface area (Å²) in [7, 11) is 1.55. The third-order valence-electron chi connectivity index (χ3n) is 3.31. The van der Waals surface area contributed by atoms with E-state index in [9.17, 15) is 4.39 Å². The van der Waals surface area contributed by atoms with Crippen LogP contribution in [0.25, 0.3) is 0 Å². The summed E-state index contributed by atoms with van der Waals surface area (Å²) in [5, 5.41) is 0. The number of halogens is 1. The Balaban J connectivity index is 2.26. The molecule has 4 heteroatoms. The van der Waals surface area contributed by atoms with Crippen molar-refractivity contribution < 1.29 is 9.13 Å². The van der Waals surface area contributed by atoms with Crippen molar-refractivity contribution in [3.8, 4) is 5.75 Å². The van der Waals surface area contributed by atoms with Gasteiger partial charge in [0.05, 0.1) is 18.5 Å². The molecule has 0 spiro atoms. The number of nitrogen functional groups attached to an aromatic ring is 1. The fourth-order valence-electron chi connectivity index (χ4n) is 2.17. The highest BCUT2D eigenvalue weighted by atomic mass is 19.1. The van der Waals surface area contributed by atoms with Gasteiger partial charge < -0.3 is 15.4 Å². The average Bonchev–Trinajstić information content (AvgIpc) is 3.13. The van der Waals surface area contributed by atoms with E-state index in [2.05, 4.69) is 11.8 Å². The zero-order chi connectivity index (χ0) is 13.1. The van der Waals surface area contributed by atoms with Crippen molar-refractivity contribution in [2.75, 3.05) is 30.8 Å². The number of hydrogen-bond acceptors (Lipinski definition) is 3. The minimum atomic E-state index is -0.262. The number of benzene rings is 1. The summed E-state index contributed by atoms with van der Waals surface area (Å²) in [6.45, 7) is 3.89. The smallest absolute Gasteiger partial charge is 0.148 e. The molecule has 0 aliphatic heterocycles. The first-order valence-corrected chi connectivity index (χ1v) is 6.53. The van der Waals surface area contributed by atoms with Gasteiger partial charge in [-0.2, -0.15) is 0 Å². The van der Waals surface area contributed by atoms with Crippen LogP contribution in [-0.4, -0.2) is 20.2 Å². The maximum absolute atomic E-state index is 14.0. The van der Waals surface area contributed by atoms with Gasteiger partial charge in [-0.1, -0.05) is 6.92 Å². The van der Waals surface area contributed by atoms with Gasteiger partial charge in [-0.25, -0.2) is 4.39 Å². The summed E-state index contributed by atoms with van der Waals surface area (Å²) in [6, 6.07) is 3.06. The van der Waals surface area contributed by atoms with Crippen LogP contribution in [0.2, 0.25) is 0 Å². The van der Waals surface area contributed by atoms with Gasteiger partial charge in [0.25, 0.3) is 0 Å². The van der Waals surface area contributed by atoms with E-state index in [1.165, 1.54) is 18.9 Å². The highest BCUT2D eigenvalue weighted by Gasteiger charge is 2.25. The highest BCUT2D eigenvalue weighted by Crippen LogP contribution is 2.35. The summed E-state index contributed by atoms with van der Waals surface area (Å²) in [6.07, 6.45) is 3.51. The standard InChI is InChI=1S/C14H21FN2O/c1-3-6-17(9-10-4-5-10)13-8-14(18-2)12(16)7-11(13)15/h7-8,10H,3-6,9,16H2,1-2H3. The van der Waals surface area contributed by atoms with Gasteiger partial charge >= 0.3 is 0 Å². The molecular weight excluding hydrogens is 231 g/mol. The molecule has 1 fully saturated rings. The predicted molar refractivity (Wildman–Crippen MR) is 72.6 cm³/mol. The number of nitrogens with zero attached hydrogens (tertiary/aromatic N) is 1. The third-order valence-corrected chi connectivity index (χ3v) is 3.31. The number of methoxy groups -OCH3 is 1. The first-order valence-electron chi connectivity index (χ1n) is 6.53. The normalized spacial score (nSPS) is 14.6. The van der Waals surface area contributed by atoms with E-state index in [0.29, 0.717) is 17.1 Å². The number of ether oxygens (including phenoxy) is 1. The molecule has 0 bridgehead atoms. The van der Waals surface area contributed by atoms with Crippen LogP contribution >= 0.6 is 0 Å². The molecule has 0 saturated heterocycles. The zero-order valence-corrected chi connectivity index (χ0v) is 11.1. The maximum atomic E-state index is 14.0. The molecule has 0 aromatic heterocycles. The SMILES string of the molecule is CCCN(CC1CC1)c1cc(OC)c(N)cc1F. The van der Waals surface area contributed by atoms with E-state index in [4.69, 9.17) is 10.5 Å². The third kappa shape index (κ3) is 2.86. The van der Waals surface area contributed by atoms with Crippen LogP contribution in [0.5, 0.6) is 5.75 Å². The molecule has 2 rings (SSSR count). The Labute approximate surface area is 108 Å². The molecule has 1 saturated carbocycles. The number of anilines is 2. The lowest BCUT2D eigenvalue weighted by Gasteiger charge is -2.25. The van der Waals surface area contributed by atoms with Crippen LogP contribution in [0.3, 0.4) is 0 Å². The summed E-state index contributed by atoms with van der Waals surface area (Å²) < 4.78 is 19.2. The lowest BCUT2D eigenvalue weighted by molar-refractivity contribution is 0.416. The quantitative estimate of drug-likeness (QED) is 0.791. The van der Waals surface area contributed by atoms with E-state index in [1.54, 1.807) is 13.2 Å². The Kier molecular flexibility index (Phi) is 3.94. The second-order valence-corrected chi connectivity index (χ2v) is 4.93. The zero-order valence-electron chi connectivity index (χ0n) is 11.1. The molecule has 1 aliphatic carbocycles. The molecule has 1 aromatic rings. The number of nitrogens with two attached hydrogens (primary N) is 1. The monoisotopic (exact) mass is 252 g/mol. The lowest BCUT2D eigenvalue weighted by Crippen LogP contribution is -2.27. The van der Waals surface area contributed by atoms with Gasteiger partial charge in [-0.05, 0) is 25.2 Å². The number of rotatable bonds is 6. The second kappa shape index (κ2) is 5.46. The van der Waals surface area contributed by atoms with E-state index >= 15 is 0 Å². The average molecular weight is 252 g/mol. The number of hydrogen-bond donors (Lipinski definition) is 1. The van der Waals surface area contributed by atoms with Gasteiger partial charge in [0, 0.05) is 25.2 Å². The van der Waals surface area contributed by atoms with Crippen LogP contribution in [0, 0.1) is 11.7 Å². The highest BCUT2D eigenvalue weighted by molar-refractivity contribution is 5.63. The fourth-order valence-corrected chi connectivity index (χ4v) is 2.17. The summed E-state index contributed by atoms with van der Waals surface area (Å²) in [5.74, 6) is 1.00. The molecule has 1 aromatic carbocycles. The fraction of sp³-hybridized carbons (Fsp3) is 0.571. The molecular formula is C14H21FN2O. The topological polar surface area (TPSA) is 38.5 Å². The first-order chi connectivity index (χ1) is 8.65. The molecule has 1 aliphatic rings. The molecule has 3 nitrogen and oxygen atoms in total. The molecule has 18 heavy (non-hydrogen) atoms. The molecule has 0 amide bonds. The largest absolute Gasteiger partial charge is 0.495 e. The maximum Gasteiger partial charge on any atom is 0.148 e. The summed E-state index contributed by atoms with van der Waals surface area (Å²) >= 11 is 0. The van der Waals surface area contributed by atoms with Crippen molar-refractivity contribution in [3.05, 3.63) is 17.9 Å². The summed E-state index contributed by atoms with van der Waals surface area (Å²) in [4.78, 5) is 2.11. The van der Waals surface area contributed by atoms with E-state index in [0.717, 1.165) is 25.4 Å². The first kappa shape index (κ1) is 13.0. The van der Waals surface area contributed by atoms with Crippen LogP contribution in [0.1, 0.15) is 26.2 Å². The Morgan fingerprint density at radius 3 is 2.72 bits per heavy atom. The molecule has 0 radical (unpaired) electrons. The van der Waals surface area contributed by atoms with Crippen LogP contribution in [0.15, 0.2) is 12.1 Å². The van der Waals surface area contributed by atoms with E-state index < -0.39 is 0 Å². The van der Waals surface area contributed by atoms with Crippen molar-refractivity contribution in [1.82, 2.24) is 0 Å². The molecule has 0 unspecified atom stereocenters. The van der Waals surface area contributed by atoms with E-state index in [1.807, 2.05) is 0 Å². The van der Waals surface area contributed by atoms with Crippen molar-refractivity contribution in [1.29, 1.82) is 0 Å². The van der Waals surface area contributed by atoms with Gasteiger partial charge in [-0.15, -0.1) is 0 Å². The molecule has 0 heterocycles. The predicted octanol–water partition coefficient (Wildman–Crippen LogP) is 3.04. The minimum absolute atomic E-state index is 0.262. The van der Waals surface area contributed by atoms with Crippen molar-refractivity contribution >= 4 is 11.4 Å². The van der Waals surface area contributed by atoms with Crippen molar-refractivity contribution in [2.45, 2.75) is 26.2 Å². The van der Waals surface area contributed by atoms with Crippen molar-refractivity contribution in [2.24, 2.45) is 5.92 Å². The molecule has 2 N–H and O–H groups in total.